The summed E-state index contributed by atoms with van der Waals surface area (Å²) >= 11 is 0. The topological polar surface area (TPSA) is 61.9 Å². The summed E-state index contributed by atoms with van der Waals surface area (Å²) in [4.78, 5) is 4.53. The van der Waals surface area contributed by atoms with Gasteiger partial charge in [-0.25, -0.2) is 4.98 Å². The van der Waals surface area contributed by atoms with Crippen molar-refractivity contribution in [1.29, 1.82) is 5.26 Å². The van der Waals surface area contributed by atoms with Gasteiger partial charge in [-0.05, 0) is 43.6 Å². The zero-order valence-corrected chi connectivity index (χ0v) is 17.3. The Labute approximate surface area is 169 Å². The van der Waals surface area contributed by atoms with Crippen molar-refractivity contribution < 1.29 is 4.42 Å². The van der Waals surface area contributed by atoms with Crippen LogP contribution < -0.4 is 5.32 Å². The van der Waals surface area contributed by atoms with E-state index in [9.17, 15) is 5.26 Å². The number of hydrogen-bond donors (Lipinski definition) is 1. The molecule has 1 saturated carbocycles. The van der Waals surface area contributed by atoms with E-state index in [-0.39, 0.29) is 0 Å². The minimum Gasteiger partial charge on any atom is -0.424 e. The van der Waals surface area contributed by atoms with Gasteiger partial charge in [0.05, 0.1) is 0 Å². The molecule has 3 rings (SSSR count). The molecule has 150 valence electrons. The maximum absolute atomic E-state index is 9.50. The third kappa shape index (κ3) is 5.16. The fourth-order valence-corrected chi connectivity index (χ4v) is 4.34. The first kappa shape index (κ1) is 20.5. The van der Waals surface area contributed by atoms with Crippen molar-refractivity contribution in [3.05, 3.63) is 47.5 Å². The molecule has 0 aliphatic heterocycles. The summed E-state index contributed by atoms with van der Waals surface area (Å²) in [6, 6.07) is 12.7. The molecule has 1 fully saturated rings. The molecule has 0 bridgehead atoms. The maximum Gasteiger partial charge on any atom is 0.232 e. The number of nitrogens with one attached hydrogen (secondary N) is 1. The summed E-state index contributed by atoms with van der Waals surface area (Å²) in [5.41, 5.74) is 1.70. The van der Waals surface area contributed by atoms with Crippen molar-refractivity contribution in [2.45, 2.75) is 77.0 Å². The highest BCUT2D eigenvalue weighted by Gasteiger charge is 2.27. The normalized spacial score (nSPS) is 20.5. The number of anilines is 1. The van der Waals surface area contributed by atoms with Crippen LogP contribution in [-0.4, -0.2) is 11.5 Å². The lowest BCUT2D eigenvalue weighted by atomic mass is 9.80. The number of aromatic nitrogens is 1. The molecule has 1 atom stereocenters. The molecule has 1 N–H and O–H groups in total. The van der Waals surface area contributed by atoms with Crippen LogP contribution in [0.15, 0.2) is 34.7 Å². The number of nitrogens with zero attached hydrogens (tertiary/aromatic N) is 2. The van der Waals surface area contributed by atoms with Crippen molar-refractivity contribution in [2.24, 2.45) is 5.92 Å². The smallest absolute Gasteiger partial charge is 0.232 e. The molecule has 2 aromatic rings. The zero-order valence-electron chi connectivity index (χ0n) is 17.3. The molecule has 0 amide bonds. The minimum atomic E-state index is 0.358. The van der Waals surface area contributed by atoms with E-state index in [1.807, 2.05) is 6.07 Å². The van der Waals surface area contributed by atoms with Crippen LogP contribution in [0.5, 0.6) is 0 Å². The average Bonchev–Trinajstić information content (AvgIpc) is 3.17. The molecule has 0 saturated heterocycles. The van der Waals surface area contributed by atoms with Gasteiger partial charge in [-0.1, -0.05) is 63.4 Å². The Morgan fingerprint density at radius 3 is 2.57 bits per heavy atom. The van der Waals surface area contributed by atoms with Crippen LogP contribution >= 0.6 is 0 Å². The fraction of sp³-hybridized carbons (Fsp3) is 0.583. The van der Waals surface area contributed by atoms with Crippen LogP contribution in [-0.2, 0) is 0 Å². The predicted molar refractivity (Wildman–Crippen MR) is 113 cm³/mol. The van der Waals surface area contributed by atoms with E-state index in [1.54, 1.807) is 0 Å². The molecule has 1 aliphatic rings. The molecule has 0 radical (unpaired) electrons. The van der Waals surface area contributed by atoms with Crippen LogP contribution in [0.25, 0.3) is 0 Å². The average molecular weight is 380 g/mol. The molecular weight excluding hydrogens is 346 g/mol. The standard InChI is InChI=1S/C24H33N3O/c1-3-5-9-18-12-14-21(15-13-18)23-27-22(16-25)24(28-23)26-17-19(4-2)20-10-7-6-8-11-20/h6-8,10-11,18-19,21,26H,3-5,9,12-15,17H2,1-2H3/t18?,19-,21?/m1/s1. The Morgan fingerprint density at radius 2 is 1.93 bits per heavy atom. The third-order valence-corrected chi connectivity index (χ3v) is 6.18. The van der Waals surface area contributed by atoms with E-state index in [2.05, 4.69) is 54.5 Å². The Hall–Kier alpha value is -2.28. The Balaban J connectivity index is 1.61. The number of nitriles is 1. The Morgan fingerprint density at radius 1 is 1.18 bits per heavy atom. The lowest BCUT2D eigenvalue weighted by molar-refractivity contribution is 0.278. The van der Waals surface area contributed by atoms with Crippen molar-refractivity contribution >= 4 is 5.88 Å². The van der Waals surface area contributed by atoms with Gasteiger partial charge in [0, 0.05) is 18.4 Å². The summed E-state index contributed by atoms with van der Waals surface area (Å²) in [7, 11) is 0. The first-order chi connectivity index (χ1) is 13.7. The van der Waals surface area contributed by atoms with Crippen LogP contribution in [0.2, 0.25) is 0 Å². The monoisotopic (exact) mass is 379 g/mol. The quantitative estimate of drug-likeness (QED) is 0.532. The summed E-state index contributed by atoms with van der Waals surface area (Å²) in [5, 5.41) is 12.9. The second-order valence-electron chi connectivity index (χ2n) is 8.10. The fourth-order valence-electron chi connectivity index (χ4n) is 4.34. The maximum atomic E-state index is 9.50. The van der Waals surface area contributed by atoms with Gasteiger partial charge in [-0.3, -0.25) is 0 Å². The highest BCUT2D eigenvalue weighted by Crippen LogP contribution is 2.38. The van der Waals surface area contributed by atoms with Gasteiger partial charge in [-0.15, -0.1) is 0 Å². The van der Waals surface area contributed by atoms with Crippen LogP contribution in [0.4, 0.5) is 5.88 Å². The largest absolute Gasteiger partial charge is 0.424 e. The molecule has 4 nitrogen and oxygen atoms in total. The summed E-state index contributed by atoms with van der Waals surface area (Å²) in [5.74, 6) is 2.89. The third-order valence-electron chi connectivity index (χ3n) is 6.18. The summed E-state index contributed by atoms with van der Waals surface area (Å²) in [6.45, 7) is 5.19. The van der Waals surface area contributed by atoms with E-state index in [0.29, 0.717) is 23.4 Å². The van der Waals surface area contributed by atoms with Gasteiger partial charge in [0.1, 0.15) is 6.07 Å². The van der Waals surface area contributed by atoms with E-state index in [0.717, 1.165) is 37.6 Å². The number of oxazole rings is 1. The van der Waals surface area contributed by atoms with Crippen molar-refractivity contribution in [1.82, 2.24) is 4.98 Å². The molecule has 1 aliphatic carbocycles. The second kappa shape index (κ2) is 10.3. The SMILES string of the molecule is CCCCC1CCC(c2nc(C#N)c(NC[C@@H](CC)c3ccccc3)o2)CC1. The number of unbranched alkanes of at least 4 members (excludes halogenated alkanes) is 1. The second-order valence-corrected chi connectivity index (χ2v) is 8.10. The zero-order chi connectivity index (χ0) is 19.8. The van der Waals surface area contributed by atoms with E-state index < -0.39 is 0 Å². The highest BCUT2D eigenvalue weighted by molar-refractivity contribution is 5.46. The summed E-state index contributed by atoms with van der Waals surface area (Å²) < 4.78 is 6.05. The van der Waals surface area contributed by atoms with Crippen molar-refractivity contribution in [2.75, 3.05) is 11.9 Å². The molecule has 1 heterocycles. The number of benzene rings is 1. The molecule has 28 heavy (non-hydrogen) atoms. The molecule has 0 spiro atoms. The van der Waals surface area contributed by atoms with Crippen LogP contribution in [0, 0.1) is 17.2 Å². The van der Waals surface area contributed by atoms with E-state index in [1.165, 1.54) is 37.7 Å². The molecule has 0 unspecified atom stereocenters. The van der Waals surface area contributed by atoms with E-state index in [4.69, 9.17) is 4.42 Å². The van der Waals surface area contributed by atoms with Crippen LogP contribution in [0.1, 0.15) is 94.2 Å². The number of hydrogen-bond acceptors (Lipinski definition) is 4. The van der Waals surface area contributed by atoms with Gasteiger partial charge in [0.2, 0.25) is 17.5 Å². The minimum absolute atomic E-state index is 0.358. The van der Waals surface area contributed by atoms with Gasteiger partial charge in [0.15, 0.2) is 0 Å². The van der Waals surface area contributed by atoms with Gasteiger partial charge in [0.25, 0.3) is 0 Å². The molecule has 1 aromatic carbocycles. The van der Waals surface area contributed by atoms with Gasteiger partial charge in [-0.2, -0.15) is 5.26 Å². The van der Waals surface area contributed by atoms with Gasteiger partial charge < -0.3 is 9.73 Å². The highest BCUT2D eigenvalue weighted by atomic mass is 16.4. The first-order valence-corrected chi connectivity index (χ1v) is 10.9. The predicted octanol–water partition coefficient (Wildman–Crippen LogP) is 6.62. The van der Waals surface area contributed by atoms with Crippen LogP contribution in [0.3, 0.4) is 0 Å². The number of rotatable bonds is 9. The van der Waals surface area contributed by atoms with Crippen molar-refractivity contribution in [3.8, 4) is 6.07 Å². The molecule has 1 aromatic heterocycles. The van der Waals surface area contributed by atoms with Crippen molar-refractivity contribution in [3.63, 3.8) is 0 Å². The van der Waals surface area contributed by atoms with Gasteiger partial charge >= 0.3 is 0 Å². The lowest BCUT2D eigenvalue weighted by Gasteiger charge is -2.26. The lowest BCUT2D eigenvalue weighted by Crippen LogP contribution is -2.13. The Kier molecular flexibility index (Phi) is 7.54. The first-order valence-electron chi connectivity index (χ1n) is 10.9. The van der Waals surface area contributed by atoms with E-state index >= 15 is 0 Å². The molecular formula is C24H33N3O. The summed E-state index contributed by atoms with van der Waals surface area (Å²) in [6.07, 6.45) is 9.75. The molecule has 4 heteroatoms. The Bertz CT molecular complexity index is 754.